The lowest BCUT2D eigenvalue weighted by Crippen LogP contribution is -2.30. The highest BCUT2D eigenvalue weighted by Crippen LogP contribution is 2.14. The molecule has 0 saturated carbocycles. The number of carbonyl (C=O) groups excluding carboxylic acids is 3. The monoisotopic (exact) mass is 825 g/mol. The largest absolute Gasteiger partial charge is 0.462 e. The third-order valence-corrected chi connectivity index (χ3v) is 10.5. The van der Waals surface area contributed by atoms with Gasteiger partial charge in [-0.1, -0.05) is 197 Å². The number of hydrogen-bond acceptors (Lipinski definition) is 6. The summed E-state index contributed by atoms with van der Waals surface area (Å²) in [6.07, 6.45) is 57.7. The Bertz CT molecular complexity index is 1090. The first-order chi connectivity index (χ1) is 29.0. The van der Waals surface area contributed by atoms with Crippen LogP contribution in [0.3, 0.4) is 0 Å². The quantitative estimate of drug-likeness (QED) is 0.0263. The summed E-state index contributed by atoms with van der Waals surface area (Å²) in [6.45, 7) is 6.47. The molecule has 59 heavy (non-hydrogen) atoms. The summed E-state index contributed by atoms with van der Waals surface area (Å²) in [4.78, 5) is 37.9. The second-order valence-electron chi connectivity index (χ2n) is 16.3. The zero-order chi connectivity index (χ0) is 43.0. The molecule has 6 heteroatoms. The molecule has 1 atom stereocenters. The molecule has 0 radical (unpaired) electrons. The number of carbonyl (C=O) groups is 3. The van der Waals surface area contributed by atoms with Crippen LogP contribution in [-0.2, 0) is 28.6 Å². The SMILES string of the molecule is CC/C=C\C/C=C\C/C=C\C/C=C\CCCCC(=O)OC[C@@H](COC(=O)CCCCCCCCCCCCC)OC(=O)CCCCCCC/C=C\CCCCCCCC. The number of ether oxygens (including phenoxy) is 3. The fraction of sp³-hybridized carbons (Fsp3) is 0.755. The Morgan fingerprint density at radius 1 is 0.356 bits per heavy atom. The standard InChI is InChI=1S/C53H92O6/c1-4-7-10-13-16-19-22-24-26-28-31-34-37-40-43-46-52(55)58-49-50(48-57-51(54)45-42-39-36-33-30-21-18-15-12-9-6-3)59-53(56)47-44-41-38-35-32-29-27-25-23-20-17-14-11-8-5-2/h7,10,16,19,24-27,31,34,50H,4-6,8-9,11-15,17-18,20-23,28-30,32-33,35-49H2,1-3H3/b10-7-,19-16-,26-24-,27-25-,34-31-/t50-/m1/s1. The van der Waals surface area contributed by atoms with Crippen molar-refractivity contribution >= 4 is 17.9 Å². The van der Waals surface area contributed by atoms with Gasteiger partial charge in [0, 0.05) is 19.3 Å². The molecule has 340 valence electrons. The van der Waals surface area contributed by atoms with Gasteiger partial charge < -0.3 is 14.2 Å². The maximum absolute atomic E-state index is 12.8. The van der Waals surface area contributed by atoms with Gasteiger partial charge in [0.15, 0.2) is 6.10 Å². The minimum atomic E-state index is -0.791. The van der Waals surface area contributed by atoms with Crippen LogP contribution in [-0.4, -0.2) is 37.2 Å². The third-order valence-electron chi connectivity index (χ3n) is 10.5. The third kappa shape index (κ3) is 46.0. The Labute approximate surface area is 364 Å². The van der Waals surface area contributed by atoms with E-state index in [0.29, 0.717) is 19.3 Å². The molecule has 0 unspecified atom stereocenters. The Morgan fingerprint density at radius 3 is 1.08 bits per heavy atom. The molecule has 0 rings (SSSR count). The summed E-state index contributed by atoms with van der Waals surface area (Å²) in [7, 11) is 0. The van der Waals surface area contributed by atoms with E-state index >= 15 is 0 Å². The van der Waals surface area contributed by atoms with Crippen molar-refractivity contribution < 1.29 is 28.6 Å². The van der Waals surface area contributed by atoms with Gasteiger partial charge in [-0.2, -0.15) is 0 Å². The maximum atomic E-state index is 12.8. The van der Waals surface area contributed by atoms with Crippen molar-refractivity contribution in [3.8, 4) is 0 Å². The average molecular weight is 825 g/mol. The van der Waals surface area contributed by atoms with Crippen LogP contribution in [0, 0.1) is 0 Å². The smallest absolute Gasteiger partial charge is 0.306 e. The second-order valence-corrected chi connectivity index (χ2v) is 16.3. The lowest BCUT2D eigenvalue weighted by Gasteiger charge is -2.18. The van der Waals surface area contributed by atoms with Crippen LogP contribution in [0.2, 0.25) is 0 Å². The Kier molecular flexibility index (Phi) is 45.4. The first kappa shape index (κ1) is 56.1. The molecule has 0 aromatic heterocycles. The zero-order valence-electron chi connectivity index (χ0n) is 38.8. The molecule has 0 aliphatic carbocycles. The van der Waals surface area contributed by atoms with E-state index in [1.54, 1.807) is 0 Å². The number of rotatable bonds is 44. The fourth-order valence-corrected chi connectivity index (χ4v) is 6.78. The van der Waals surface area contributed by atoms with E-state index in [1.807, 2.05) is 0 Å². The van der Waals surface area contributed by atoms with Gasteiger partial charge in [0.2, 0.25) is 0 Å². The minimum Gasteiger partial charge on any atom is -0.462 e. The van der Waals surface area contributed by atoms with E-state index in [2.05, 4.69) is 81.5 Å². The van der Waals surface area contributed by atoms with E-state index in [4.69, 9.17) is 14.2 Å². The van der Waals surface area contributed by atoms with Crippen LogP contribution in [0.1, 0.15) is 239 Å². The van der Waals surface area contributed by atoms with Gasteiger partial charge in [0.05, 0.1) is 0 Å². The van der Waals surface area contributed by atoms with Crippen molar-refractivity contribution in [2.75, 3.05) is 13.2 Å². The number of unbranched alkanes of at least 4 members (excludes halogenated alkanes) is 23. The van der Waals surface area contributed by atoms with Crippen molar-refractivity contribution in [1.82, 2.24) is 0 Å². The van der Waals surface area contributed by atoms with E-state index in [-0.39, 0.29) is 31.1 Å². The Hall–Kier alpha value is -2.89. The number of esters is 3. The predicted molar refractivity (Wildman–Crippen MR) is 251 cm³/mol. The van der Waals surface area contributed by atoms with Crippen LogP contribution in [0.4, 0.5) is 0 Å². The highest BCUT2D eigenvalue weighted by Gasteiger charge is 2.19. The van der Waals surface area contributed by atoms with Crippen molar-refractivity contribution in [3.05, 3.63) is 60.8 Å². The average Bonchev–Trinajstić information content (AvgIpc) is 3.23. The van der Waals surface area contributed by atoms with E-state index < -0.39 is 6.10 Å². The number of hydrogen-bond donors (Lipinski definition) is 0. The molecule has 0 spiro atoms. The molecule has 0 saturated heterocycles. The molecular formula is C53H92O6. The van der Waals surface area contributed by atoms with Crippen LogP contribution in [0.25, 0.3) is 0 Å². The highest BCUT2D eigenvalue weighted by atomic mass is 16.6. The Morgan fingerprint density at radius 2 is 0.661 bits per heavy atom. The molecule has 0 N–H and O–H groups in total. The van der Waals surface area contributed by atoms with Gasteiger partial charge in [-0.25, -0.2) is 0 Å². The fourth-order valence-electron chi connectivity index (χ4n) is 6.78. The Balaban J connectivity index is 4.45. The number of allylic oxidation sites excluding steroid dienone is 10. The van der Waals surface area contributed by atoms with Crippen LogP contribution in [0.15, 0.2) is 60.8 Å². The molecule has 0 fully saturated rings. The molecule has 0 aromatic rings. The van der Waals surface area contributed by atoms with Gasteiger partial charge in [-0.15, -0.1) is 0 Å². The first-order valence-electron chi connectivity index (χ1n) is 24.8. The normalized spacial score (nSPS) is 12.5. The van der Waals surface area contributed by atoms with Gasteiger partial charge in [0.25, 0.3) is 0 Å². The summed E-state index contributed by atoms with van der Waals surface area (Å²) in [5.41, 5.74) is 0. The lowest BCUT2D eigenvalue weighted by molar-refractivity contribution is -0.167. The van der Waals surface area contributed by atoms with Gasteiger partial charge >= 0.3 is 17.9 Å². The molecule has 0 aliphatic heterocycles. The molecule has 6 nitrogen and oxygen atoms in total. The summed E-state index contributed by atoms with van der Waals surface area (Å²) in [5, 5.41) is 0. The van der Waals surface area contributed by atoms with Crippen LogP contribution in [0.5, 0.6) is 0 Å². The summed E-state index contributed by atoms with van der Waals surface area (Å²) in [5.74, 6) is -0.940. The van der Waals surface area contributed by atoms with Crippen molar-refractivity contribution in [2.45, 2.75) is 245 Å². The van der Waals surface area contributed by atoms with Gasteiger partial charge in [-0.3, -0.25) is 14.4 Å². The molecule has 0 aromatic carbocycles. The summed E-state index contributed by atoms with van der Waals surface area (Å²) < 4.78 is 16.7. The highest BCUT2D eigenvalue weighted by molar-refractivity contribution is 5.71. The maximum Gasteiger partial charge on any atom is 0.306 e. The topological polar surface area (TPSA) is 78.9 Å². The van der Waals surface area contributed by atoms with E-state index in [0.717, 1.165) is 96.3 Å². The molecule has 0 bridgehead atoms. The first-order valence-corrected chi connectivity index (χ1v) is 24.8. The van der Waals surface area contributed by atoms with Crippen molar-refractivity contribution in [3.63, 3.8) is 0 Å². The molecule has 0 heterocycles. The van der Waals surface area contributed by atoms with Crippen molar-refractivity contribution in [1.29, 1.82) is 0 Å². The van der Waals surface area contributed by atoms with Crippen LogP contribution >= 0.6 is 0 Å². The molecule has 0 amide bonds. The molecular weight excluding hydrogens is 733 g/mol. The summed E-state index contributed by atoms with van der Waals surface area (Å²) >= 11 is 0. The summed E-state index contributed by atoms with van der Waals surface area (Å²) in [6, 6.07) is 0. The second kappa shape index (κ2) is 47.8. The van der Waals surface area contributed by atoms with Gasteiger partial charge in [0.1, 0.15) is 13.2 Å². The zero-order valence-corrected chi connectivity index (χ0v) is 38.8. The molecule has 0 aliphatic rings. The van der Waals surface area contributed by atoms with Gasteiger partial charge in [-0.05, 0) is 83.5 Å². The van der Waals surface area contributed by atoms with E-state index in [1.165, 1.54) is 103 Å². The van der Waals surface area contributed by atoms with Crippen molar-refractivity contribution in [2.24, 2.45) is 0 Å². The predicted octanol–water partition coefficient (Wildman–Crippen LogP) is 16.1. The minimum absolute atomic E-state index is 0.0892. The van der Waals surface area contributed by atoms with Crippen LogP contribution < -0.4 is 0 Å². The lowest BCUT2D eigenvalue weighted by atomic mass is 10.1. The van der Waals surface area contributed by atoms with E-state index in [9.17, 15) is 14.4 Å².